The fourth-order valence-electron chi connectivity index (χ4n) is 3.26. The van der Waals surface area contributed by atoms with E-state index in [1.807, 2.05) is 6.07 Å². The maximum absolute atomic E-state index is 12.3. The maximum Gasteiger partial charge on any atom is 0.222 e. The molecule has 2 fully saturated rings. The minimum absolute atomic E-state index is 0. The van der Waals surface area contributed by atoms with Crippen LogP contribution in [-0.2, 0) is 16.0 Å². The first-order chi connectivity index (χ1) is 10.3. The van der Waals surface area contributed by atoms with Crippen molar-refractivity contribution < 1.29 is 9.53 Å². The standard InChI is InChI=1S/C17H24N2O2.ClH/c20-16(11-15-13-21-10-9-18-15)19-17(7-4-8-17)12-14-5-2-1-3-6-14;/h1-3,5-6,15,18H,4,7-13H2,(H,19,20);1H. The van der Waals surface area contributed by atoms with Crippen LogP contribution in [0.4, 0.5) is 0 Å². The number of carbonyl (C=O) groups is 1. The van der Waals surface area contributed by atoms with Gasteiger partial charge < -0.3 is 15.4 Å². The largest absolute Gasteiger partial charge is 0.378 e. The fourth-order valence-corrected chi connectivity index (χ4v) is 3.26. The van der Waals surface area contributed by atoms with Gasteiger partial charge in [-0.3, -0.25) is 4.79 Å². The first-order valence-corrected chi connectivity index (χ1v) is 7.92. The lowest BCUT2D eigenvalue weighted by Crippen LogP contribution is -2.56. The fraction of sp³-hybridized carbons (Fsp3) is 0.588. The summed E-state index contributed by atoms with van der Waals surface area (Å²) >= 11 is 0. The highest BCUT2D eigenvalue weighted by Crippen LogP contribution is 2.35. The van der Waals surface area contributed by atoms with Crippen molar-refractivity contribution in [3.8, 4) is 0 Å². The molecule has 0 spiro atoms. The molecule has 1 aliphatic carbocycles. The van der Waals surface area contributed by atoms with E-state index in [1.54, 1.807) is 0 Å². The number of morpholine rings is 1. The highest BCUT2D eigenvalue weighted by atomic mass is 35.5. The molecule has 0 aromatic heterocycles. The molecule has 122 valence electrons. The quantitative estimate of drug-likeness (QED) is 0.871. The van der Waals surface area contributed by atoms with Gasteiger partial charge in [-0.1, -0.05) is 30.3 Å². The van der Waals surface area contributed by atoms with Crippen LogP contribution in [0.25, 0.3) is 0 Å². The molecule has 2 aliphatic rings. The topological polar surface area (TPSA) is 50.4 Å². The predicted molar refractivity (Wildman–Crippen MR) is 89.3 cm³/mol. The third kappa shape index (κ3) is 4.45. The summed E-state index contributed by atoms with van der Waals surface area (Å²) < 4.78 is 5.41. The Morgan fingerprint density at radius 2 is 2.09 bits per heavy atom. The van der Waals surface area contributed by atoms with Gasteiger partial charge in [0.1, 0.15) is 0 Å². The van der Waals surface area contributed by atoms with Crippen molar-refractivity contribution in [3.05, 3.63) is 35.9 Å². The zero-order valence-corrected chi connectivity index (χ0v) is 13.7. The number of nitrogens with one attached hydrogen (secondary N) is 2. The molecule has 4 nitrogen and oxygen atoms in total. The average molecular weight is 325 g/mol. The van der Waals surface area contributed by atoms with Crippen LogP contribution >= 0.6 is 12.4 Å². The number of rotatable bonds is 5. The monoisotopic (exact) mass is 324 g/mol. The predicted octanol–water partition coefficient (Wildman–Crippen LogP) is 2.07. The molecule has 1 heterocycles. The summed E-state index contributed by atoms with van der Waals surface area (Å²) in [6, 6.07) is 10.6. The molecule has 5 heteroatoms. The number of ether oxygens (including phenoxy) is 1. The second-order valence-electron chi connectivity index (χ2n) is 6.27. The van der Waals surface area contributed by atoms with Crippen molar-refractivity contribution in [2.75, 3.05) is 19.8 Å². The van der Waals surface area contributed by atoms with Gasteiger partial charge in [0, 0.05) is 24.5 Å². The lowest BCUT2D eigenvalue weighted by atomic mass is 9.72. The van der Waals surface area contributed by atoms with E-state index in [0.29, 0.717) is 13.0 Å². The van der Waals surface area contributed by atoms with Crippen LogP contribution in [0.5, 0.6) is 0 Å². The van der Waals surface area contributed by atoms with Crippen molar-refractivity contribution in [2.45, 2.75) is 43.7 Å². The van der Waals surface area contributed by atoms with Gasteiger partial charge in [-0.2, -0.15) is 0 Å². The van der Waals surface area contributed by atoms with Gasteiger partial charge >= 0.3 is 0 Å². The Labute approximate surface area is 138 Å². The molecule has 1 atom stereocenters. The molecule has 1 saturated heterocycles. The Bertz CT molecular complexity index is 471. The molecule has 0 bridgehead atoms. The lowest BCUT2D eigenvalue weighted by molar-refractivity contribution is -0.125. The Kier molecular flexibility index (Phi) is 6.24. The van der Waals surface area contributed by atoms with Crippen LogP contribution in [0.1, 0.15) is 31.2 Å². The average Bonchev–Trinajstić information content (AvgIpc) is 2.47. The molecule has 0 radical (unpaired) electrons. The van der Waals surface area contributed by atoms with E-state index in [9.17, 15) is 4.79 Å². The summed E-state index contributed by atoms with van der Waals surface area (Å²) in [6.45, 7) is 2.22. The maximum atomic E-state index is 12.3. The van der Waals surface area contributed by atoms with Crippen LogP contribution < -0.4 is 10.6 Å². The van der Waals surface area contributed by atoms with Gasteiger partial charge in [0.05, 0.1) is 13.2 Å². The first kappa shape index (κ1) is 17.3. The smallest absolute Gasteiger partial charge is 0.222 e. The first-order valence-electron chi connectivity index (χ1n) is 7.92. The second-order valence-corrected chi connectivity index (χ2v) is 6.27. The molecule has 1 saturated carbocycles. The summed E-state index contributed by atoms with van der Waals surface area (Å²) in [5.74, 6) is 0.147. The van der Waals surface area contributed by atoms with Crippen molar-refractivity contribution in [1.29, 1.82) is 0 Å². The van der Waals surface area contributed by atoms with E-state index in [-0.39, 0.29) is 29.9 Å². The second kappa shape index (κ2) is 7.95. The molecule has 1 unspecified atom stereocenters. The van der Waals surface area contributed by atoms with Crippen LogP contribution in [0.2, 0.25) is 0 Å². The van der Waals surface area contributed by atoms with Gasteiger partial charge in [0.25, 0.3) is 0 Å². The Hall–Kier alpha value is -1.10. The van der Waals surface area contributed by atoms with Gasteiger partial charge in [-0.05, 0) is 31.2 Å². The Morgan fingerprint density at radius 3 is 2.68 bits per heavy atom. The number of carbonyl (C=O) groups excluding carboxylic acids is 1. The summed E-state index contributed by atoms with van der Waals surface area (Å²) in [4.78, 5) is 12.3. The minimum Gasteiger partial charge on any atom is -0.378 e. The third-order valence-electron chi connectivity index (χ3n) is 4.53. The molecular weight excluding hydrogens is 300 g/mol. The van der Waals surface area contributed by atoms with Crippen LogP contribution in [0, 0.1) is 0 Å². The molecule has 1 aliphatic heterocycles. The van der Waals surface area contributed by atoms with Gasteiger partial charge in [0.2, 0.25) is 5.91 Å². The lowest BCUT2D eigenvalue weighted by Gasteiger charge is -2.43. The van der Waals surface area contributed by atoms with E-state index >= 15 is 0 Å². The summed E-state index contributed by atoms with van der Waals surface area (Å²) in [5, 5.41) is 6.63. The molecule has 2 N–H and O–H groups in total. The summed E-state index contributed by atoms with van der Waals surface area (Å²) in [5.41, 5.74) is 1.28. The number of amides is 1. The highest BCUT2D eigenvalue weighted by molar-refractivity contribution is 5.85. The van der Waals surface area contributed by atoms with Crippen molar-refractivity contribution in [2.24, 2.45) is 0 Å². The Morgan fingerprint density at radius 1 is 1.32 bits per heavy atom. The van der Waals surface area contributed by atoms with Gasteiger partial charge in [-0.25, -0.2) is 0 Å². The van der Waals surface area contributed by atoms with Gasteiger partial charge in [0.15, 0.2) is 0 Å². The molecular formula is C17H25ClN2O2. The number of halogens is 1. The number of hydrogen-bond donors (Lipinski definition) is 2. The van der Waals surface area contributed by atoms with Crippen LogP contribution in [0.15, 0.2) is 30.3 Å². The van der Waals surface area contributed by atoms with Crippen molar-refractivity contribution in [3.63, 3.8) is 0 Å². The van der Waals surface area contributed by atoms with E-state index in [1.165, 1.54) is 12.0 Å². The van der Waals surface area contributed by atoms with Gasteiger partial charge in [-0.15, -0.1) is 12.4 Å². The van der Waals surface area contributed by atoms with Crippen LogP contribution in [0.3, 0.4) is 0 Å². The number of hydrogen-bond acceptors (Lipinski definition) is 3. The Balaban J connectivity index is 0.00000176. The van der Waals surface area contributed by atoms with Crippen molar-refractivity contribution >= 4 is 18.3 Å². The highest BCUT2D eigenvalue weighted by Gasteiger charge is 2.38. The van der Waals surface area contributed by atoms with Crippen molar-refractivity contribution in [1.82, 2.24) is 10.6 Å². The molecule has 1 aromatic carbocycles. The third-order valence-corrected chi connectivity index (χ3v) is 4.53. The minimum atomic E-state index is -0.0199. The van der Waals surface area contributed by atoms with E-state index in [4.69, 9.17) is 4.74 Å². The van der Waals surface area contributed by atoms with Crippen LogP contribution in [-0.4, -0.2) is 37.2 Å². The normalized spacial score (nSPS) is 23.0. The number of benzene rings is 1. The van der Waals surface area contributed by atoms with E-state index in [2.05, 4.69) is 34.9 Å². The molecule has 3 rings (SSSR count). The molecule has 1 amide bonds. The molecule has 22 heavy (non-hydrogen) atoms. The SMILES string of the molecule is Cl.O=C(CC1COCCN1)NC1(Cc2ccccc2)CCC1. The van der Waals surface area contributed by atoms with E-state index < -0.39 is 0 Å². The van der Waals surface area contributed by atoms with E-state index in [0.717, 1.165) is 32.4 Å². The summed E-state index contributed by atoms with van der Waals surface area (Å²) in [6.07, 6.45) is 4.83. The zero-order chi connectivity index (χ0) is 14.5. The summed E-state index contributed by atoms with van der Waals surface area (Å²) in [7, 11) is 0. The zero-order valence-electron chi connectivity index (χ0n) is 12.8. The molecule has 1 aromatic rings.